The molecule has 4 nitrogen and oxygen atoms in total. The largest absolute Gasteiger partial charge is 0.342 e. The Kier molecular flexibility index (Phi) is 7.42. The fraction of sp³-hybridized carbons (Fsp3) is 0.263. The Morgan fingerprint density at radius 3 is 2.42 bits per heavy atom. The second-order valence-electron chi connectivity index (χ2n) is 5.80. The van der Waals surface area contributed by atoms with Gasteiger partial charge in [-0.2, -0.15) is 0 Å². The molecule has 26 heavy (non-hydrogen) atoms. The highest BCUT2D eigenvalue weighted by molar-refractivity contribution is 6.35. The van der Waals surface area contributed by atoms with Crippen LogP contribution in [0.5, 0.6) is 0 Å². The number of anilines is 1. The molecule has 2 aromatic carbocycles. The van der Waals surface area contributed by atoms with Gasteiger partial charge in [0.2, 0.25) is 11.8 Å². The zero-order valence-corrected chi connectivity index (χ0v) is 15.8. The molecule has 0 saturated heterocycles. The molecular weight excluding hydrogens is 378 g/mol. The Balaban J connectivity index is 1.87. The third kappa shape index (κ3) is 6.32. The molecule has 0 aliphatic rings. The Morgan fingerprint density at radius 2 is 1.77 bits per heavy atom. The molecular formula is C19H19Cl2FN2O2. The standard InChI is InChI=1S/C19H19Cl2FN2O2/c1-13(25)24(10-8-14-2-5-16(22)6-3-14)11-9-19(26)23-18-12-15(20)4-7-17(18)21/h2-7,12H,8-11H2,1H3,(H,23,26). The van der Waals surface area contributed by atoms with E-state index in [0.717, 1.165) is 5.56 Å². The third-order valence-corrected chi connectivity index (χ3v) is 4.40. The van der Waals surface area contributed by atoms with E-state index in [-0.39, 0.29) is 30.6 Å². The number of rotatable bonds is 7. The van der Waals surface area contributed by atoms with Crippen molar-refractivity contribution in [3.8, 4) is 0 Å². The fourth-order valence-electron chi connectivity index (χ4n) is 2.38. The lowest BCUT2D eigenvalue weighted by Gasteiger charge is -2.21. The van der Waals surface area contributed by atoms with E-state index in [4.69, 9.17) is 23.2 Å². The highest BCUT2D eigenvalue weighted by Gasteiger charge is 2.12. The third-order valence-electron chi connectivity index (χ3n) is 3.84. The highest BCUT2D eigenvalue weighted by atomic mass is 35.5. The Labute approximate surface area is 161 Å². The molecule has 1 N–H and O–H groups in total. The quantitative estimate of drug-likeness (QED) is 0.745. The van der Waals surface area contributed by atoms with Crippen LogP contribution in [-0.4, -0.2) is 29.8 Å². The van der Waals surface area contributed by atoms with E-state index in [0.29, 0.717) is 28.7 Å². The molecule has 0 atom stereocenters. The predicted octanol–water partition coefficient (Wildman–Crippen LogP) is 4.55. The molecule has 0 heterocycles. The van der Waals surface area contributed by atoms with Gasteiger partial charge in [-0.25, -0.2) is 4.39 Å². The monoisotopic (exact) mass is 396 g/mol. The van der Waals surface area contributed by atoms with Crippen LogP contribution in [0.2, 0.25) is 10.0 Å². The lowest BCUT2D eigenvalue weighted by molar-refractivity contribution is -0.129. The van der Waals surface area contributed by atoms with Gasteiger partial charge in [-0.3, -0.25) is 9.59 Å². The van der Waals surface area contributed by atoms with Gasteiger partial charge in [-0.05, 0) is 42.3 Å². The minimum atomic E-state index is -0.298. The van der Waals surface area contributed by atoms with Gasteiger partial charge < -0.3 is 10.2 Å². The topological polar surface area (TPSA) is 49.4 Å². The van der Waals surface area contributed by atoms with Crippen LogP contribution in [0.1, 0.15) is 18.9 Å². The SMILES string of the molecule is CC(=O)N(CCC(=O)Nc1cc(Cl)ccc1Cl)CCc1ccc(F)cc1. The van der Waals surface area contributed by atoms with E-state index in [1.54, 1.807) is 35.2 Å². The summed E-state index contributed by atoms with van der Waals surface area (Å²) in [4.78, 5) is 25.5. The van der Waals surface area contributed by atoms with Crippen LogP contribution in [0.4, 0.5) is 10.1 Å². The number of hydrogen-bond donors (Lipinski definition) is 1. The number of amides is 2. The molecule has 2 amide bonds. The summed E-state index contributed by atoms with van der Waals surface area (Å²) in [5.41, 5.74) is 1.36. The van der Waals surface area contributed by atoms with Crippen molar-refractivity contribution in [3.05, 3.63) is 63.9 Å². The fourth-order valence-corrected chi connectivity index (χ4v) is 2.72. The van der Waals surface area contributed by atoms with Crippen LogP contribution >= 0.6 is 23.2 Å². The van der Waals surface area contributed by atoms with Crippen molar-refractivity contribution in [2.24, 2.45) is 0 Å². The lowest BCUT2D eigenvalue weighted by Crippen LogP contribution is -2.33. The Bertz CT molecular complexity index is 782. The summed E-state index contributed by atoms with van der Waals surface area (Å²) in [6.07, 6.45) is 0.716. The Hall–Kier alpha value is -2.11. The van der Waals surface area contributed by atoms with Crippen molar-refractivity contribution >= 4 is 40.7 Å². The summed E-state index contributed by atoms with van der Waals surface area (Å²) in [6.45, 7) is 2.18. The van der Waals surface area contributed by atoms with E-state index in [1.807, 2.05) is 0 Å². The van der Waals surface area contributed by atoms with Crippen molar-refractivity contribution < 1.29 is 14.0 Å². The maximum atomic E-state index is 12.9. The van der Waals surface area contributed by atoms with Crippen LogP contribution in [0, 0.1) is 5.82 Å². The molecule has 0 bridgehead atoms. The molecule has 0 fully saturated rings. The van der Waals surface area contributed by atoms with Gasteiger partial charge in [0.05, 0.1) is 10.7 Å². The molecule has 2 aromatic rings. The average molecular weight is 397 g/mol. The van der Waals surface area contributed by atoms with Crippen LogP contribution in [0.15, 0.2) is 42.5 Å². The summed E-state index contributed by atoms with van der Waals surface area (Å²) in [5.74, 6) is -0.684. The van der Waals surface area contributed by atoms with E-state index in [1.165, 1.54) is 19.1 Å². The molecule has 0 aliphatic carbocycles. The highest BCUT2D eigenvalue weighted by Crippen LogP contribution is 2.25. The van der Waals surface area contributed by atoms with E-state index in [9.17, 15) is 14.0 Å². The maximum absolute atomic E-state index is 12.9. The molecule has 7 heteroatoms. The summed E-state index contributed by atoms with van der Waals surface area (Å²) in [5, 5.41) is 3.55. The molecule has 0 saturated carbocycles. The van der Waals surface area contributed by atoms with Crippen LogP contribution in [0.3, 0.4) is 0 Å². The van der Waals surface area contributed by atoms with Crippen molar-refractivity contribution in [2.45, 2.75) is 19.8 Å². The molecule has 0 unspecified atom stereocenters. The van der Waals surface area contributed by atoms with Gasteiger partial charge in [0.15, 0.2) is 0 Å². The number of benzene rings is 2. The average Bonchev–Trinajstić information content (AvgIpc) is 2.59. The summed E-state index contributed by atoms with van der Waals surface area (Å²) in [6, 6.07) is 10.9. The number of halogens is 3. The van der Waals surface area contributed by atoms with Gasteiger partial charge in [-0.15, -0.1) is 0 Å². The first kappa shape index (κ1) is 20.2. The molecule has 0 spiro atoms. The first-order valence-electron chi connectivity index (χ1n) is 8.10. The smallest absolute Gasteiger partial charge is 0.226 e. The van der Waals surface area contributed by atoms with Gasteiger partial charge in [0.1, 0.15) is 5.82 Å². The summed E-state index contributed by atoms with van der Waals surface area (Å²) in [7, 11) is 0. The van der Waals surface area contributed by atoms with Gasteiger partial charge in [0, 0.05) is 31.5 Å². The summed E-state index contributed by atoms with van der Waals surface area (Å²) < 4.78 is 12.9. The zero-order chi connectivity index (χ0) is 19.1. The lowest BCUT2D eigenvalue weighted by atomic mass is 10.1. The van der Waals surface area contributed by atoms with Gasteiger partial charge in [-0.1, -0.05) is 35.3 Å². The first-order chi connectivity index (χ1) is 12.3. The van der Waals surface area contributed by atoms with Crippen molar-refractivity contribution in [1.82, 2.24) is 4.90 Å². The normalized spacial score (nSPS) is 10.5. The van der Waals surface area contributed by atoms with Crippen molar-refractivity contribution in [2.75, 3.05) is 18.4 Å². The summed E-state index contributed by atoms with van der Waals surface area (Å²) >= 11 is 11.9. The predicted molar refractivity (Wildman–Crippen MR) is 102 cm³/mol. The van der Waals surface area contributed by atoms with Crippen molar-refractivity contribution in [3.63, 3.8) is 0 Å². The second kappa shape index (κ2) is 9.55. The van der Waals surface area contributed by atoms with Crippen LogP contribution in [0.25, 0.3) is 0 Å². The van der Waals surface area contributed by atoms with Crippen LogP contribution in [-0.2, 0) is 16.0 Å². The molecule has 0 aliphatic heterocycles. The van der Waals surface area contributed by atoms with Crippen LogP contribution < -0.4 is 5.32 Å². The zero-order valence-electron chi connectivity index (χ0n) is 14.3. The van der Waals surface area contributed by atoms with Gasteiger partial charge >= 0.3 is 0 Å². The molecule has 2 rings (SSSR count). The molecule has 0 radical (unpaired) electrons. The maximum Gasteiger partial charge on any atom is 0.226 e. The van der Waals surface area contributed by atoms with E-state index in [2.05, 4.69) is 5.32 Å². The molecule has 138 valence electrons. The number of carbonyl (C=O) groups is 2. The number of nitrogens with one attached hydrogen (secondary N) is 1. The minimum absolute atomic E-state index is 0.124. The Morgan fingerprint density at radius 1 is 1.08 bits per heavy atom. The van der Waals surface area contributed by atoms with Crippen molar-refractivity contribution in [1.29, 1.82) is 0 Å². The number of nitrogens with zero attached hydrogens (tertiary/aromatic N) is 1. The van der Waals surface area contributed by atoms with E-state index >= 15 is 0 Å². The first-order valence-corrected chi connectivity index (χ1v) is 8.85. The molecule has 0 aromatic heterocycles. The second-order valence-corrected chi connectivity index (χ2v) is 6.65. The van der Waals surface area contributed by atoms with E-state index < -0.39 is 0 Å². The number of hydrogen-bond acceptors (Lipinski definition) is 2. The number of carbonyl (C=O) groups excluding carboxylic acids is 2. The van der Waals surface area contributed by atoms with Gasteiger partial charge in [0.25, 0.3) is 0 Å². The minimum Gasteiger partial charge on any atom is -0.342 e.